The number of carbonyl (C=O) groups is 1. The van der Waals surface area contributed by atoms with Crippen LogP contribution >= 0.6 is 11.6 Å². The summed E-state index contributed by atoms with van der Waals surface area (Å²) in [7, 11) is 0. The number of halogens is 1. The molecule has 1 fully saturated rings. The van der Waals surface area contributed by atoms with E-state index in [1.54, 1.807) is 23.1 Å². The molecule has 1 N–H and O–H groups in total. The van der Waals surface area contributed by atoms with Gasteiger partial charge >= 0.3 is 0 Å². The first-order valence-corrected chi connectivity index (χ1v) is 9.45. The lowest BCUT2D eigenvalue weighted by atomic mass is 10.1. The van der Waals surface area contributed by atoms with Gasteiger partial charge in [-0.1, -0.05) is 48.0 Å². The number of aromatic amines is 1. The zero-order valence-corrected chi connectivity index (χ0v) is 15.9. The van der Waals surface area contributed by atoms with E-state index in [0.29, 0.717) is 37.0 Å². The van der Waals surface area contributed by atoms with Crippen LogP contribution in [0.25, 0.3) is 11.3 Å². The maximum atomic E-state index is 12.8. The summed E-state index contributed by atoms with van der Waals surface area (Å²) >= 11 is 5.96. The summed E-state index contributed by atoms with van der Waals surface area (Å²) in [5.41, 5.74) is 1.39. The van der Waals surface area contributed by atoms with Crippen LogP contribution in [-0.2, 0) is 0 Å². The number of nitrogens with one attached hydrogen (secondary N) is 1. The molecule has 6 nitrogen and oxygen atoms in total. The molecule has 142 valence electrons. The Balaban J connectivity index is 1.46. The van der Waals surface area contributed by atoms with Crippen LogP contribution in [-0.4, -0.2) is 47.0 Å². The molecule has 3 aromatic rings. The van der Waals surface area contributed by atoms with E-state index in [0.717, 1.165) is 11.4 Å². The van der Waals surface area contributed by atoms with E-state index in [-0.39, 0.29) is 17.0 Å². The second kappa shape index (κ2) is 7.86. The maximum absolute atomic E-state index is 12.8. The molecule has 0 atom stereocenters. The minimum Gasteiger partial charge on any atom is -0.353 e. The summed E-state index contributed by atoms with van der Waals surface area (Å²) in [4.78, 5) is 36.2. The van der Waals surface area contributed by atoms with Crippen LogP contribution < -0.4 is 10.5 Å². The normalized spacial score (nSPS) is 14.2. The number of nitrogens with zero attached hydrogens (tertiary/aromatic N) is 3. The first-order valence-electron chi connectivity index (χ1n) is 9.07. The van der Waals surface area contributed by atoms with Gasteiger partial charge in [0, 0.05) is 31.9 Å². The number of pyridine rings is 2. The molecule has 1 aliphatic heterocycles. The van der Waals surface area contributed by atoms with Crippen LogP contribution in [0.4, 0.5) is 5.82 Å². The standard InChI is InChI=1S/C21H19ClN4O2/c22-18-7-4-8-19(24-18)25-11-13-26(14-12-25)21(28)16-9-10-17(23-20(16)27)15-5-2-1-3-6-15/h1-10H,11-14H2,(H,23,27). The number of piperazine rings is 1. The molecule has 0 saturated carbocycles. The van der Waals surface area contributed by atoms with E-state index in [1.165, 1.54) is 0 Å². The van der Waals surface area contributed by atoms with Crippen molar-refractivity contribution in [2.75, 3.05) is 31.1 Å². The molecule has 1 saturated heterocycles. The van der Waals surface area contributed by atoms with Gasteiger partial charge in [0.2, 0.25) is 0 Å². The van der Waals surface area contributed by atoms with Crippen molar-refractivity contribution in [1.29, 1.82) is 0 Å². The Labute approximate surface area is 167 Å². The second-order valence-corrected chi connectivity index (χ2v) is 6.97. The molecule has 0 bridgehead atoms. The van der Waals surface area contributed by atoms with Crippen LogP contribution in [0, 0.1) is 0 Å². The molecule has 4 rings (SSSR count). The Morgan fingerprint density at radius 1 is 0.929 bits per heavy atom. The van der Waals surface area contributed by atoms with Gasteiger partial charge in [-0.15, -0.1) is 0 Å². The largest absolute Gasteiger partial charge is 0.353 e. The number of hydrogen-bond donors (Lipinski definition) is 1. The highest BCUT2D eigenvalue weighted by atomic mass is 35.5. The molecule has 1 aliphatic rings. The van der Waals surface area contributed by atoms with Crippen molar-refractivity contribution in [3.63, 3.8) is 0 Å². The Hall–Kier alpha value is -3.12. The number of carbonyl (C=O) groups excluding carboxylic acids is 1. The van der Waals surface area contributed by atoms with Crippen LogP contribution in [0.2, 0.25) is 5.15 Å². The predicted molar refractivity (Wildman–Crippen MR) is 110 cm³/mol. The van der Waals surface area contributed by atoms with Crippen molar-refractivity contribution >= 4 is 23.3 Å². The van der Waals surface area contributed by atoms with Crippen LogP contribution in [0.3, 0.4) is 0 Å². The number of amides is 1. The molecular weight excluding hydrogens is 376 g/mol. The zero-order valence-electron chi connectivity index (χ0n) is 15.1. The van der Waals surface area contributed by atoms with Gasteiger partial charge in [-0.2, -0.15) is 0 Å². The zero-order chi connectivity index (χ0) is 19.5. The monoisotopic (exact) mass is 394 g/mol. The van der Waals surface area contributed by atoms with E-state index >= 15 is 0 Å². The molecule has 0 spiro atoms. The quantitative estimate of drug-likeness (QED) is 0.693. The van der Waals surface area contributed by atoms with Gasteiger partial charge in [-0.25, -0.2) is 4.98 Å². The van der Waals surface area contributed by atoms with Crippen molar-refractivity contribution in [1.82, 2.24) is 14.9 Å². The Morgan fingerprint density at radius 2 is 1.68 bits per heavy atom. The SMILES string of the molecule is O=C(c1ccc(-c2ccccc2)[nH]c1=O)N1CCN(c2cccc(Cl)n2)CC1. The maximum Gasteiger partial charge on any atom is 0.261 e. The summed E-state index contributed by atoms with van der Waals surface area (Å²) in [5, 5.41) is 0.445. The summed E-state index contributed by atoms with van der Waals surface area (Å²) < 4.78 is 0. The Bertz CT molecular complexity index is 1040. The number of benzene rings is 1. The highest BCUT2D eigenvalue weighted by Gasteiger charge is 2.24. The Kier molecular flexibility index (Phi) is 5.12. The fourth-order valence-corrected chi connectivity index (χ4v) is 3.47. The second-order valence-electron chi connectivity index (χ2n) is 6.58. The number of rotatable bonds is 3. The van der Waals surface area contributed by atoms with Gasteiger partial charge in [0.15, 0.2) is 0 Å². The lowest BCUT2D eigenvalue weighted by Crippen LogP contribution is -2.49. The summed E-state index contributed by atoms with van der Waals surface area (Å²) in [6.07, 6.45) is 0. The van der Waals surface area contributed by atoms with E-state index in [9.17, 15) is 9.59 Å². The third-order valence-corrected chi connectivity index (χ3v) is 5.03. The minimum atomic E-state index is -0.370. The summed E-state index contributed by atoms with van der Waals surface area (Å²) in [5.74, 6) is 0.546. The van der Waals surface area contributed by atoms with Gasteiger partial charge in [0.05, 0.1) is 0 Å². The first kappa shape index (κ1) is 18.3. The van der Waals surface area contributed by atoms with Crippen molar-refractivity contribution in [2.45, 2.75) is 0 Å². The minimum absolute atomic E-state index is 0.161. The molecule has 2 aromatic heterocycles. The average Bonchev–Trinajstić information content (AvgIpc) is 2.74. The number of H-pyrrole nitrogens is 1. The number of aromatic nitrogens is 2. The first-order chi connectivity index (χ1) is 13.6. The van der Waals surface area contributed by atoms with Gasteiger partial charge in [-0.05, 0) is 29.8 Å². The average molecular weight is 395 g/mol. The third-order valence-electron chi connectivity index (χ3n) is 4.82. The molecule has 1 aromatic carbocycles. The molecule has 0 aliphatic carbocycles. The van der Waals surface area contributed by atoms with Crippen molar-refractivity contribution < 1.29 is 4.79 Å². The van der Waals surface area contributed by atoms with Crippen LogP contribution in [0.1, 0.15) is 10.4 Å². The van der Waals surface area contributed by atoms with Crippen molar-refractivity contribution in [2.24, 2.45) is 0 Å². The van der Waals surface area contributed by atoms with E-state index in [2.05, 4.69) is 14.9 Å². The van der Waals surface area contributed by atoms with Crippen LogP contribution in [0.15, 0.2) is 65.5 Å². The van der Waals surface area contributed by atoms with Gasteiger partial charge in [0.1, 0.15) is 16.5 Å². The van der Waals surface area contributed by atoms with E-state index in [1.807, 2.05) is 42.5 Å². The highest BCUT2D eigenvalue weighted by Crippen LogP contribution is 2.18. The number of anilines is 1. The highest BCUT2D eigenvalue weighted by molar-refractivity contribution is 6.29. The number of hydrogen-bond acceptors (Lipinski definition) is 4. The smallest absolute Gasteiger partial charge is 0.261 e. The molecule has 7 heteroatoms. The molecule has 3 heterocycles. The lowest BCUT2D eigenvalue weighted by molar-refractivity contribution is 0.0744. The van der Waals surface area contributed by atoms with Gasteiger partial charge in [-0.3, -0.25) is 9.59 Å². The molecule has 28 heavy (non-hydrogen) atoms. The summed E-state index contributed by atoms with van der Waals surface area (Å²) in [6, 6.07) is 18.4. The van der Waals surface area contributed by atoms with E-state index < -0.39 is 0 Å². The predicted octanol–water partition coefficient (Wildman–Crippen LogP) is 3.05. The Morgan fingerprint density at radius 3 is 2.36 bits per heavy atom. The molecule has 1 amide bonds. The van der Waals surface area contributed by atoms with Gasteiger partial charge in [0.25, 0.3) is 11.5 Å². The lowest BCUT2D eigenvalue weighted by Gasteiger charge is -2.35. The molecule has 0 radical (unpaired) electrons. The molecular formula is C21H19ClN4O2. The third kappa shape index (κ3) is 3.77. The summed E-state index contributed by atoms with van der Waals surface area (Å²) in [6.45, 7) is 2.32. The van der Waals surface area contributed by atoms with Crippen molar-refractivity contribution in [3.05, 3.63) is 81.7 Å². The topological polar surface area (TPSA) is 69.3 Å². The van der Waals surface area contributed by atoms with Gasteiger partial charge < -0.3 is 14.8 Å². The fourth-order valence-electron chi connectivity index (χ4n) is 3.31. The fraction of sp³-hybridized carbons (Fsp3) is 0.190. The molecule has 0 unspecified atom stereocenters. The van der Waals surface area contributed by atoms with Crippen molar-refractivity contribution in [3.8, 4) is 11.3 Å². The van der Waals surface area contributed by atoms with E-state index in [4.69, 9.17) is 11.6 Å². The van der Waals surface area contributed by atoms with Crippen LogP contribution in [0.5, 0.6) is 0 Å².